The minimum absolute atomic E-state index is 0.119. The van der Waals surface area contributed by atoms with Gasteiger partial charge in [0.15, 0.2) is 5.76 Å². The topological polar surface area (TPSA) is 80.0 Å². The third kappa shape index (κ3) is 1.35. The van der Waals surface area contributed by atoms with Gasteiger partial charge in [0, 0.05) is 6.20 Å². The molecule has 0 radical (unpaired) electrons. The first-order chi connectivity index (χ1) is 5.79. The fourth-order valence-corrected chi connectivity index (χ4v) is 0.704. The Balaban J connectivity index is 2.95. The fourth-order valence-electron chi connectivity index (χ4n) is 0.704. The van der Waals surface area contributed by atoms with Crippen LogP contribution < -0.4 is 5.73 Å². The molecule has 1 aromatic rings. The molecule has 4 nitrogen and oxygen atoms in total. The monoisotopic (exact) mass is 162 g/mol. The molecule has 1 heterocycles. The maximum absolute atomic E-state index is 11.2. The molecule has 0 fully saturated rings. The summed E-state index contributed by atoms with van der Waals surface area (Å²) in [4.78, 5) is 11.2. The van der Waals surface area contributed by atoms with Gasteiger partial charge in [-0.3, -0.25) is 4.79 Å². The average molecular weight is 162 g/mol. The van der Waals surface area contributed by atoms with Crippen molar-refractivity contribution in [1.29, 1.82) is 5.26 Å². The Bertz CT molecular complexity index is 344. The van der Waals surface area contributed by atoms with Crippen molar-refractivity contribution >= 4 is 5.78 Å². The molecule has 60 valence electrons. The summed E-state index contributed by atoms with van der Waals surface area (Å²) in [5, 5.41) is 8.43. The van der Waals surface area contributed by atoms with Crippen molar-refractivity contribution in [2.24, 2.45) is 5.73 Å². The summed E-state index contributed by atoms with van der Waals surface area (Å²) in [6.45, 7) is 0. The smallest absolute Gasteiger partial charge is 0.240 e. The van der Waals surface area contributed by atoms with E-state index in [2.05, 4.69) is 0 Å². The van der Waals surface area contributed by atoms with Crippen LogP contribution >= 0.6 is 0 Å². The van der Waals surface area contributed by atoms with Crippen LogP contribution in [0.1, 0.15) is 10.6 Å². The highest BCUT2D eigenvalue weighted by Gasteiger charge is 2.13. The van der Waals surface area contributed by atoms with Crippen molar-refractivity contribution in [3.63, 3.8) is 0 Å². The van der Waals surface area contributed by atoms with E-state index < -0.39 is 5.78 Å². The molecule has 4 heteroatoms. The first-order valence-corrected chi connectivity index (χ1v) is 3.19. The summed E-state index contributed by atoms with van der Waals surface area (Å²) in [5.41, 5.74) is 4.92. The molecule has 0 amide bonds. The first kappa shape index (κ1) is 8.08. The maximum Gasteiger partial charge on any atom is 0.240 e. The van der Waals surface area contributed by atoms with Gasteiger partial charge in [0.25, 0.3) is 0 Å². The number of Topliss-reactive ketones (excluding diaryl/α,β-unsaturated/α-hetero) is 1. The Morgan fingerprint density at radius 1 is 1.75 bits per heavy atom. The predicted molar refractivity (Wildman–Crippen MR) is 40.9 cm³/mol. The Kier molecular flexibility index (Phi) is 2.29. The van der Waals surface area contributed by atoms with E-state index in [-0.39, 0.29) is 11.3 Å². The quantitative estimate of drug-likeness (QED) is 0.396. The number of nitrogens with zero attached hydrogens (tertiary/aromatic N) is 1. The lowest BCUT2D eigenvalue weighted by Crippen LogP contribution is -2.02. The molecular weight excluding hydrogens is 156 g/mol. The molecule has 0 aliphatic rings. The molecule has 0 saturated carbocycles. The van der Waals surface area contributed by atoms with Crippen LogP contribution in [0, 0.1) is 11.3 Å². The molecule has 0 saturated heterocycles. The number of hydrogen-bond acceptors (Lipinski definition) is 4. The van der Waals surface area contributed by atoms with E-state index >= 15 is 0 Å². The molecule has 0 aromatic carbocycles. The zero-order chi connectivity index (χ0) is 8.97. The molecule has 2 N–H and O–H groups in total. The second kappa shape index (κ2) is 3.39. The highest BCUT2D eigenvalue weighted by molar-refractivity contribution is 6.09. The van der Waals surface area contributed by atoms with Gasteiger partial charge < -0.3 is 10.2 Å². The van der Waals surface area contributed by atoms with Gasteiger partial charge in [0.2, 0.25) is 5.78 Å². The van der Waals surface area contributed by atoms with Crippen LogP contribution in [-0.2, 0) is 0 Å². The Morgan fingerprint density at radius 2 is 2.50 bits per heavy atom. The first-order valence-electron chi connectivity index (χ1n) is 3.19. The van der Waals surface area contributed by atoms with E-state index in [0.717, 1.165) is 6.20 Å². The van der Waals surface area contributed by atoms with E-state index in [0.29, 0.717) is 0 Å². The third-order valence-corrected chi connectivity index (χ3v) is 1.28. The Labute approximate surface area is 68.9 Å². The van der Waals surface area contributed by atoms with Crippen molar-refractivity contribution in [3.8, 4) is 6.07 Å². The highest BCUT2D eigenvalue weighted by atomic mass is 16.3. The molecule has 1 aromatic heterocycles. The van der Waals surface area contributed by atoms with Crippen LogP contribution in [-0.4, -0.2) is 5.78 Å². The van der Waals surface area contributed by atoms with Crippen LogP contribution in [0.3, 0.4) is 0 Å². The number of hydrogen-bond donors (Lipinski definition) is 1. The maximum atomic E-state index is 11.2. The second-order valence-corrected chi connectivity index (χ2v) is 2.00. The van der Waals surface area contributed by atoms with Crippen molar-refractivity contribution < 1.29 is 9.21 Å². The van der Waals surface area contributed by atoms with Gasteiger partial charge in [-0.1, -0.05) is 0 Å². The number of carbonyl (C=O) groups is 1. The summed E-state index contributed by atoms with van der Waals surface area (Å²) in [6.07, 6.45) is 2.32. The minimum atomic E-state index is -0.495. The lowest BCUT2D eigenvalue weighted by Gasteiger charge is -1.90. The molecule has 0 unspecified atom stereocenters. The second-order valence-electron chi connectivity index (χ2n) is 2.00. The van der Waals surface area contributed by atoms with Crippen LogP contribution in [0.4, 0.5) is 0 Å². The summed E-state index contributed by atoms with van der Waals surface area (Å²) < 4.78 is 4.78. The van der Waals surface area contributed by atoms with E-state index in [4.69, 9.17) is 15.4 Å². The van der Waals surface area contributed by atoms with Gasteiger partial charge >= 0.3 is 0 Å². The van der Waals surface area contributed by atoms with E-state index in [1.807, 2.05) is 0 Å². The number of nitrogens with two attached hydrogens (primary N) is 1. The SMILES string of the molecule is N#C/C(=C\N)C(=O)c1ccco1. The standard InChI is InChI=1S/C8H6N2O2/c9-4-6(5-10)8(11)7-2-1-3-12-7/h1-4H,9H2/b6-4+. The molecule has 0 bridgehead atoms. The number of rotatable bonds is 2. The Hall–Kier alpha value is -2.02. The Morgan fingerprint density at radius 3 is 2.92 bits per heavy atom. The highest BCUT2D eigenvalue weighted by Crippen LogP contribution is 2.06. The lowest BCUT2D eigenvalue weighted by molar-refractivity contribution is 0.101. The zero-order valence-corrected chi connectivity index (χ0v) is 6.15. The van der Waals surface area contributed by atoms with Crippen LogP contribution in [0.5, 0.6) is 0 Å². The van der Waals surface area contributed by atoms with Gasteiger partial charge in [-0.25, -0.2) is 0 Å². The van der Waals surface area contributed by atoms with E-state index in [1.54, 1.807) is 12.1 Å². The fraction of sp³-hybridized carbons (Fsp3) is 0. The van der Waals surface area contributed by atoms with E-state index in [1.165, 1.54) is 12.3 Å². The molecule has 0 aliphatic carbocycles. The summed E-state index contributed by atoms with van der Waals surface area (Å²) in [6, 6.07) is 4.71. The zero-order valence-electron chi connectivity index (χ0n) is 6.15. The van der Waals surface area contributed by atoms with Crippen molar-refractivity contribution in [1.82, 2.24) is 0 Å². The van der Waals surface area contributed by atoms with Gasteiger partial charge in [0.05, 0.1) is 6.26 Å². The van der Waals surface area contributed by atoms with Crippen LogP contribution in [0.15, 0.2) is 34.6 Å². The summed E-state index contributed by atoms with van der Waals surface area (Å²) in [7, 11) is 0. The van der Waals surface area contributed by atoms with Gasteiger partial charge in [-0.2, -0.15) is 5.26 Å². The van der Waals surface area contributed by atoms with Crippen LogP contribution in [0.2, 0.25) is 0 Å². The third-order valence-electron chi connectivity index (χ3n) is 1.28. The average Bonchev–Trinajstić information content (AvgIpc) is 2.58. The molecular formula is C8H6N2O2. The summed E-state index contributed by atoms with van der Waals surface area (Å²) >= 11 is 0. The number of allylic oxidation sites excluding steroid dienone is 1. The number of furan rings is 1. The van der Waals surface area contributed by atoms with Crippen LogP contribution in [0.25, 0.3) is 0 Å². The summed E-state index contributed by atoms with van der Waals surface area (Å²) in [5.74, 6) is -0.377. The molecule has 1 rings (SSSR count). The number of nitriles is 1. The van der Waals surface area contributed by atoms with Gasteiger partial charge in [0.1, 0.15) is 11.6 Å². The number of carbonyl (C=O) groups excluding carboxylic acids is 1. The molecule has 0 atom stereocenters. The van der Waals surface area contributed by atoms with Gasteiger partial charge in [-0.15, -0.1) is 0 Å². The molecule has 0 aliphatic heterocycles. The largest absolute Gasteiger partial charge is 0.461 e. The molecule has 0 spiro atoms. The normalized spacial score (nSPS) is 10.8. The van der Waals surface area contributed by atoms with Gasteiger partial charge in [-0.05, 0) is 12.1 Å². The van der Waals surface area contributed by atoms with Crippen molar-refractivity contribution in [2.45, 2.75) is 0 Å². The predicted octanol–water partition coefficient (Wildman–Crippen LogP) is 0.828. The minimum Gasteiger partial charge on any atom is -0.461 e. The van der Waals surface area contributed by atoms with E-state index in [9.17, 15) is 4.79 Å². The molecule has 12 heavy (non-hydrogen) atoms. The lowest BCUT2D eigenvalue weighted by atomic mass is 10.1. The number of ketones is 1. The van der Waals surface area contributed by atoms with Crippen molar-refractivity contribution in [3.05, 3.63) is 35.9 Å². The van der Waals surface area contributed by atoms with Crippen molar-refractivity contribution in [2.75, 3.05) is 0 Å².